The molecule has 1 aromatic carbocycles. The van der Waals surface area contributed by atoms with E-state index in [1.807, 2.05) is 24.3 Å². The number of carbonyl (C=O) groups is 1. The van der Waals surface area contributed by atoms with E-state index < -0.39 is 0 Å². The van der Waals surface area contributed by atoms with Gasteiger partial charge in [-0.1, -0.05) is 27.3 Å². The lowest BCUT2D eigenvalue weighted by atomic mass is 10.3. The molecule has 0 fully saturated rings. The van der Waals surface area contributed by atoms with E-state index in [0.29, 0.717) is 15.3 Å². The van der Waals surface area contributed by atoms with Crippen LogP contribution in [0, 0.1) is 0 Å². The summed E-state index contributed by atoms with van der Waals surface area (Å²) in [7, 11) is 0. The number of hydrogen-bond donors (Lipinski definition) is 0. The Hall–Kier alpha value is -2.12. The van der Waals surface area contributed by atoms with E-state index in [-0.39, 0.29) is 12.1 Å². The maximum absolute atomic E-state index is 12.1. The molecule has 22 heavy (non-hydrogen) atoms. The molecule has 0 aliphatic heterocycles. The number of hydrogen-bond acceptors (Lipinski definition) is 6. The number of carbonyl (C=O) groups excluding carboxylic acids is 1. The molecule has 0 amide bonds. The zero-order chi connectivity index (χ0) is 15.5. The van der Waals surface area contributed by atoms with Gasteiger partial charge in [-0.15, -0.1) is 0 Å². The number of aromatic nitrogens is 2. The van der Waals surface area contributed by atoms with Crippen LogP contribution in [0.4, 0.5) is 10.8 Å². The normalized spacial score (nSPS) is 10.6. The van der Waals surface area contributed by atoms with Gasteiger partial charge in [0.1, 0.15) is 11.1 Å². The van der Waals surface area contributed by atoms with Crippen molar-refractivity contribution >= 4 is 54.6 Å². The van der Waals surface area contributed by atoms with Gasteiger partial charge in [-0.25, -0.2) is 4.98 Å². The Kier molecular flexibility index (Phi) is 4.26. The molecule has 3 aromatic rings. The molecule has 0 aliphatic carbocycles. The molecule has 0 atom stereocenters. The van der Waals surface area contributed by atoms with E-state index in [1.165, 1.54) is 11.3 Å². The van der Waals surface area contributed by atoms with Crippen molar-refractivity contribution < 1.29 is 4.79 Å². The fourth-order valence-corrected chi connectivity index (χ4v) is 3.23. The Morgan fingerprint density at radius 1 is 1.23 bits per heavy atom. The number of fused-ring (bicyclic) bond motifs is 1. The fraction of sp³-hybridized carbons (Fsp3) is 0.0667. The van der Waals surface area contributed by atoms with Crippen molar-refractivity contribution in [3.05, 3.63) is 57.4 Å². The molecular formula is C15H10BrN3O2S. The monoisotopic (exact) mass is 375 g/mol. The van der Waals surface area contributed by atoms with Crippen molar-refractivity contribution in [3.8, 4) is 0 Å². The molecule has 0 saturated carbocycles. The SMILES string of the molecule is O=CCN(c1ccc(Br)cc1)c1nc(=O)c2cccnc2s1. The topological polar surface area (TPSA) is 63.2 Å². The summed E-state index contributed by atoms with van der Waals surface area (Å²) in [5.41, 5.74) is 0.443. The summed E-state index contributed by atoms with van der Waals surface area (Å²) in [6, 6.07) is 10.9. The summed E-state index contributed by atoms with van der Waals surface area (Å²) in [5, 5.41) is 0.934. The smallest absolute Gasteiger partial charge is 0.282 e. The van der Waals surface area contributed by atoms with E-state index in [1.54, 1.807) is 23.2 Å². The number of nitrogens with zero attached hydrogens (tertiary/aromatic N) is 3. The lowest BCUT2D eigenvalue weighted by molar-refractivity contribution is -0.106. The maximum atomic E-state index is 12.1. The van der Waals surface area contributed by atoms with Crippen molar-refractivity contribution in [2.24, 2.45) is 0 Å². The van der Waals surface area contributed by atoms with Crippen LogP contribution in [-0.4, -0.2) is 22.8 Å². The van der Waals surface area contributed by atoms with E-state index in [4.69, 9.17) is 0 Å². The van der Waals surface area contributed by atoms with Crippen LogP contribution in [0.1, 0.15) is 0 Å². The van der Waals surface area contributed by atoms with E-state index in [2.05, 4.69) is 25.9 Å². The molecule has 0 spiro atoms. The van der Waals surface area contributed by atoms with E-state index >= 15 is 0 Å². The molecule has 0 saturated heterocycles. The van der Waals surface area contributed by atoms with Gasteiger partial charge in [0.15, 0.2) is 5.13 Å². The van der Waals surface area contributed by atoms with Crippen LogP contribution in [-0.2, 0) is 4.79 Å². The highest BCUT2D eigenvalue weighted by Crippen LogP contribution is 2.29. The summed E-state index contributed by atoms with van der Waals surface area (Å²) in [4.78, 5) is 33.7. The minimum absolute atomic E-state index is 0.114. The molecule has 0 N–H and O–H groups in total. The number of rotatable bonds is 4. The lowest BCUT2D eigenvalue weighted by Gasteiger charge is -2.20. The average Bonchev–Trinajstić information content (AvgIpc) is 2.54. The maximum Gasteiger partial charge on any atom is 0.282 e. The van der Waals surface area contributed by atoms with Gasteiger partial charge < -0.3 is 9.69 Å². The van der Waals surface area contributed by atoms with Crippen LogP contribution in [0.3, 0.4) is 0 Å². The first-order valence-electron chi connectivity index (χ1n) is 6.41. The zero-order valence-corrected chi connectivity index (χ0v) is 13.7. The van der Waals surface area contributed by atoms with E-state index in [9.17, 15) is 9.59 Å². The molecule has 0 aliphatic rings. The largest absolute Gasteiger partial charge is 0.311 e. The summed E-state index contributed by atoms with van der Waals surface area (Å²) < 4.78 is 0.934. The predicted octanol–water partition coefficient (Wildman–Crippen LogP) is 3.15. The third-order valence-corrected chi connectivity index (χ3v) is 4.55. The van der Waals surface area contributed by atoms with Gasteiger partial charge in [-0.2, -0.15) is 4.98 Å². The highest BCUT2D eigenvalue weighted by molar-refractivity contribution is 9.10. The quantitative estimate of drug-likeness (QED) is 0.655. The molecule has 5 nitrogen and oxygen atoms in total. The Labute approximate surface area is 138 Å². The molecule has 2 aromatic heterocycles. The summed E-state index contributed by atoms with van der Waals surface area (Å²) in [6.07, 6.45) is 2.41. The lowest BCUT2D eigenvalue weighted by Crippen LogP contribution is -2.22. The Balaban J connectivity index is 2.14. The van der Waals surface area contributed by atoms with E-state index in [0.717, 1.165) is 16.4 Å². The standard InChI is InChI=1S/C15H10BrN3O2S/c16-10-3-5-11(6-4-10)19(8-9-20)15-18-13(21)12-2-1-7-17-14(12)22-15/h1-7,9H,8H2. The molecule has 2 heterocycles. The van der Waals surface area contributed by atoms with Crippen LogP contribution in [0.2, 0.25) is 0 Å². The second-order valence-corrected chi connectivity index (χ2v) is 6.28. The number of anilines is 2. The second kappa shape index (κ2) is 6.33. The first-order chi connectivity index (χ1) is 10.7. The van der Waals surface area contributed by atoms with Gasteiger partial charge in [0.25, 0.3) is 5.56 Å². The third-order valence-electron chi connectivity index (χ3n) is 3.01. The highest BCUT2D eigenvalue weighted by atomic mass is 79.9. The van der Waals surface area contributed by atoms with Crippen LogP contribution < -0.4 is 10.5 Å². The number of halogens is 1. The molecule has 0 bridgehead atoms. The first-order valence-corrected chi connectivity index (χ1v) is 8.02. The summed E-state index contributed by atoms with van der Waals surface area (Å²) in [5.74, 6) is 0. The van der Waals surface area contributed by atoms with Crippen molar-refractivity contribution in [3.63, 3.8) is 0 Å². The predicted molar refractivity (Wildman–Crippen MR) is 90.9 cm³/mol. The second-order valence-electron chi connectivity index (χ2n) is 4.41. The van der Waals surface area contributed by atoms with Gasteiger partial charge in [-0.3, -0.25) is 4.79 Å². The van der Waals surface area contributed by atoms with Gasteiger partial charge in [-0.05, 0) is 36.4 Å². The Morgan fingerprint density at radius 3 is 2.73 bits per heavy atom. The third kappa shape index (κ3) is 2.90. The van der Waals surface area contributed by atoms with Crippen LogP contribution in [0.5, 0.6) is 0 Å². The zero-order valence-electron chi connectivity index (χ0n) is 11.3. The molecule has 0 unspecified atom stereocenters. The number of pyridine rings is 1. The van der Waals surface area contributed by atoms with Crippen molar-refractivity contribution in [2.75, 3.05) is 11.4 Å². The number of benzene rings is 1. The Morgan fingerprint density at radius 2 is 2.00 bits per heavy atom. The number of aldehydes is 1. The summed E-state index contributed by atoms with van der Waals surface area (Å²) >= 11 is 4.65. The first kappa shape index (κ1) is 14.8. The van der Waals surface area contributed by atoms with Crippen molar-refractivity contribution in [2.45, 2.75) is 0 Å². The highest BCUT2D eigenvalue weighted by Gasteiger charge is 2.14. The van der Waals surface area contributed by atoms with Gasteiger partial charge in [0.05, 0.1) is 11.9 Å². The fourth-order valence-electron chi connectivity index (χ4n) is 2.00. The van der Waals surface area contributed by atoms with Crippen molar-refractivity contribution in [1.82, 2.24) is 9.97 Å². The Bertz CT molecular complexity index is 880. The van der Waals surface area contributed by atoms with Crippen LogP contribution >= 0.6 is 27.3 Å². The van der Waals surface area contributed by atoms with Gasteiger partial charge in [0.2, 0.25) is 0 Å². The van der Waals surface area contributed by atoms with Crippen molar-refractivity contribution in [1.29, 1.82) is 0 Å². The molecule has 3 rings (SSSR count). The van der Waals surface area contributed by atoms with Gasteiger partial charge >= 0.3 is 0 Å². The molecular weight excluding hydrogens is 366 g/mol. The average molecular weight is 376 g/mol. The van der Waals surface area contributed by atoms with Gasteiger partial charge in [0, 0.05) is 16.4 Å². The molecule has 7 heteroatoms. The summed E-state index contributed by atoms with van der Waals surface area (Å²) in [6.45, 7) is 0.114. The molecule has 110 valence electrons. The van der Waals surface area contributed by atoms with Crippen LogP contribution in [0.15, 0.2) is 51.9 Å². The minimum Gasteiger partial charge on any atom is -0.311 e. The minimum atomic E-state index is -0.343. The molecule has 0 radical (unpaired) electrons. The van der Waals surface area contributed by atoms with Crippen LogP contribution in [0.25, 0.3) is 10.2 Å².